The minimum atomic E-state index is 0.0703. The smallest absolute Gasteiger partial charge is 0.243 e. The standard InChI is InChI=1S/C16H23N5O/c1-3-21-14-6-4-5-13(12(14)9-17-21)18-10(2)16-19-15(20-22-16)11-7-8-11/h9-11,13,18H,3-8H2,1-2H3. The molecule has 6 heteroatoms. The first kappa shape index (κ1) is 13.9. The van der Waals surface area contributed by atoms with Gasteiger partial charge in [0.2, 0.25) is 5.89 Å². The molecule has 22 heavy (non-hydrogen) atoms. The van der Waals surface area contributed by atoms with Crippen LogP contribution < -0.4 is 5.32 Å². The predicted molar refractivity (Wildman–Crippen MR) is 81.4 cm³/mol. The van der Waals surface area contributed by atoms with Crippen molar-refractivity contribution in [3.05, 3.63) is 29.2 Å². The molecule has 2 aromatic rings. The zero-order chi connectivity index (χ0) is 15.1. The summed E-state index contributed by atoms with van der Waals surface area (Å²) in [4.78, 5) is 4.55. The molecule has 4 rings (SSSR count). The largest absolute Gasteiger partial charge is 0.338 e. The SMILES string of the molecule is CCn1ncc2c1CCCC2NC(C)c1nc(C2CC2)no1. The van der Waals surface area contributed by atoms with Gasteiger partial charge in [0.05, 0.1) is 12.2 Å². The van der Waals surface area contributed by atoms with E-state index >= 15 is 0 Å². The highest BCUT2D eigenvalue weighted by atomic mass is 16.5. The number of hydrogen-bond acceptors (Lipinski definition) is 5. The average molecular weight is 301 g/mol. The van der Waals surface area contributed by atoms with Crippen molar-refractivity contribution in [3.63, 3.8) is 0 Å². The lowest BCUT2D eigenvalue weighted by Gasteiger charge is -2.26. The molecule has 2 unspecified atom stereocenters. The maximum Gasteiger partial charge on any atom is 0.243 e. The van der Waals surface area contributed by atoms with Crippen molar-refractivity contribution in [3.8, 4) is 0 Å². The number of aromatic nitrogens is 4. The summed E-state index contributed by atoms with van der Waals surface area (Å²) in [7, 11) is 0. The van der Waals surface area contributed by atoms with Crippen LogP contribution in [0.15, 0.2) is 10.7 Å². The summed E-state index contributed by atoms with van der Waals surface area (Å²) >= 11 is 0. The molecular weight excluding hydrogens is 278 g/mol. The third kappa shape index (κ3) is 2.45. The Kier molecular flexibility index (Phi) is 3.48. The lowest BCUT2D eigenvalue weighted by Crippen LogP contribution is -2.28. The number of hydrogen-bond donors (Lipinski definition) is 1. The molecule has 0 radical (unpaired) electrons. The molecular formula is C16H23N5O. The van der Waals surface area contributed by atoms with Crippen LogP contribution in [0.5, 0.6) is 0 Å². The zero-order valence-corrected chi connectivity index (χ0v) is 13.2. The van der Waals surface area contributed by atoms with E-state index in [1.54, 1.807) is 0 Å². The topological polar surface area (TPSA) is 68.8 Å². The highest BCUT2D eigenvalue weighted by Gasteiger charge is 2.31. The second-order valence-electron chi connectivity index (χ2n) is 6.46. The van der Waals surface area contributed by atoms with E-state index in [0.29, 0.717) is 17.9 Å². The van der Waals surface area contributed by atoms with Gasteiger partial charge in [0.25, 0.3) is 0 Å². The van der Waals surface area contributed by atoms with E-state index in [4.69, 9.17) is 4.52 Å². The molecule has 0 aliphatic heterocycles. The quantitative estimate of drug-likeness (QED) is 0.919. The lowest BCUT2D eigenvalue weighted by atomic mass is 9.92. The summed E-state index contributed by atoms with van der Waals surface area (Å²) in [5, 5.41) is 12.3. The molecule has 1 saturated carbocycles. The Morgan fingerprint density at radius 3 is 3.05 bits per heavy atom. The van der Waals surface area contributed by atoms with Crippen LogP contribution in [-0.4, -0.2) is 19.9 Å². The molecule has 2 aliphatic rings. The van der Waals surface area contributed by atoms with Crippen molar-refractivity contribution in [1.29, 1.82) is 0 Å². The summed E-state index contributed by atoms with van der Waals surface area (Å²) < 4.78 is 7.56. The van der Waals surface area contributed by atoms with Gasteiger partial charge in [-0.05, 0) is 46.0 Å². The first-order chi connectivity index (χ1) is 10.8. The Morgan fingerprint density at radius 1 is 1.41 bits per heavy atom. The van der Waals surface area contributed by atoms with Crippen LogP contribution in [0.2, 0.25) is 0 Å². The molecule has 2 aliphatic carbocycles. The molecule has 1 fully saturated rings. The molecule has 0 amide bonds. The lowest BCUT2D eigenvalue weighted by molar-refractivity contribution is 0.311. The molecule has 0 saturated heterocycles. The predicted octanol–water partition coefficient (Wildman–Crippen LogP) is 2.89. The molecule has 118 valence electrons. The van der Waals surface area contributed by atoms with E-state index in [0.717, 1.165) is 25.2 Å². The van der Waals surface area contributed by atoms with Gasteiger partial charge in [0.1, 0.15) is 0 Å². The summed E-state index contributed by atoms with van der Waals surface area (Å²) in [6.45, 7) is 5.18. The molecule has 6 nitrogen and oxygen atoms in total. The van der Waals surface area contributed by atoms with Crippen LogP contribution in [0.25, 0.3) is 0 Å². The number of aryl methyl sites for hydroxylation is 1. The van der Waals surface area contributed by atoms with Crippen molar-refractivity contribution in [2.75, 3.05) is 0 Å². The van der Waals surface area contributed by atoms with Gasteiger partial charge in [-0.15, -0.1) is 0 Å². The Balaban J connectivity index is 1.49. The average Bonchev–Trinajstić information content (AvgIpc) is 3.11. The summed E-state index contributed by atoms with van der Waals surface area (Å²) in [5.41, 5.74) is 2.71. The summed E-state index contributed by atoms with van der Waals surface area (Å²) in [5.74, 6) is 2.12. The van der Waals surface area contributed by atoms with Crippen molar-refractivity contribution in [2.45, 2.75) is 70.5 Å². The first-order valence-electron chi connectivity index (χ1n) is 8.40. The van der Waals surface area contributed by atoms with Crippen molar-refractivity contribution >= 4 is 0 Å². The molecule has 0 spiro atoms. The maximum atomic E-state index is 5.44. The van der Waals surface area contributed by atoms with E-state index in [1.807, 2.05) is 6.20 Å². The van der Waals surface area contributed by atoms with Crippen molar-refractivity contribution in [2.24, 2.45) is 0 Å². The number of rotatable bonds is 5. The fourth-order valence-corrected chi connectivity index (χ4v) is 3.37. The van der Waals surface area contributed by atoms with E-state index in [-0.39, 0.29) is 6.04 Å². The third-order valence-electron chi connectivity index (χ3n) is 4.78. The molecule has 2 aromatic heterocycles. The van der Waals surface area contributed by atoms with Gasteiger partial charge in [-0.25, -0.2) is 0 Å². The minimum Gasteiger partial charge on any atom is -0.338 e. The number of fused-ring (bicyclic) bond motifs is 1. The highest BCUT2D eigenvalue weighted by molar-refractivity contribution is 5.25. The van der Waals surface area contributed by atoms with Crippen LogP contribution >= 0.6 is 0 Å². The van der Waals surface area contributed by atoms with E-state index in [1.165, 1.54) is 30.5 Å². The maximum absolute atomic E-state index is 5.44. The van der Waals surface area contributed by atoms with Crippen molar-refractivity contribution in [1.82, 2.24) is 25.2 Å². The van der Waals surface area contributed by atoms with Gasteiger partial charge in [-0.3, -0.25) is 10.00 Å². The Bertz CT molecular complexity index is 657. The normalized spacial score (nSPS) is 22.5. The number of nitrogens with zero attached hydrogens (tertiary/aromatic N) is 4. The number of nitrogens with one attached hydrogen (secondary N) is 1. The second-order valence-corrected chi connectivity index (χ2v) is 6.46. The van der Waals surface area contributed by atoms with Gasteiger partial charge < -0.3 is 4.52 Å². The van der Waals surface area contributed by atoms with E-state index < -0.39 is 0 Å². The van der Waals surface area contributed by atoms with Gasteiger partial charge in [-0.2, -0.15) is 10.1 Å². The van der Waals surface area contributed by atoms with Crippen molar-refractivity contribution < 1.29 is 4.52 Å². The molecule has 0 bridgehead atoms. The Hall–Kier alpha value is -1.69. The van der Waals surface area contributed by atoms with Gasteiger partial charge in [-0.1, -0.05) is 5.16 Å². The Morgan fingerprint density at radius 2 is 2.27 bits per heavy atom. The first-order valence-corrected chi connectivity index (χ1v) is 8.40. The Labute approximate surface area is 130 Å². The fourth-order valence-electron chi connectivity index (χ4n) is 3.37. The summed E-state index contributed by atoms with van der Waals surface area (Å²) in [6, 6.07) is 0.399. The third-order valence-corrected chi connectivity index (χ3v) is 4.78. The van der Waals surface area contributed by atoms with Crippen LogP contribution in [-0.2, 0) is 13.0 Å². The molecule has 0 aromatic carbocycles. The molecule has 1 N–H and O–H groups in total. The highest BCUT2D eigenvalue weighted by Crippen LogP contribution is 2.38. The molecule has 2 atom stereocenters. The van der Waals surface area contributed by atoms with Crippen LogP contribution in [0.4, 0.5) is 0 Å². The molecule has 2 heterocycles. The van der Waals surface area contributed by atoms with Crippen LogP contribution in [0.3, 0.4) is 0 Å². The van der Waals surface area contributed by atoms with Crippen LogP contribution in [0.1, 0.15) is 80.5 Å². The van der Waals surface area contributed by atoms with E-state index in [9.17, 15) is 0 Å². The monoisotopic (exact) mass is 301 g/mol. The summed E-state index contributed by atoms with van der Waals surface area (Å²) in [6.07, 6.45) is 7.87. The zero-order valence-electron chi connectivity index (χ0n) is 13.2. The fraction of sp³-hybridized carbons (Fsp3) is 0.688. The van der Waals surface area contributed by atoms with Crippen LogP contribution in [0, 0.1) is 0 Å². The van der Waals surface area contributed by atoms with Gasteiger partial charge >= 0.3 is 0 Å². The minimum absolute atomic E-state index is 0.0703. The van der Waals surface area contributed by atoms with Gasteiger partial charge in [0.15, 0.2) is 5.82 Å². The second kappa shape index (κ2) is 5.50. The van der Waals surface area contributed by atoms with E-state index in [2.05, 4.69) is 39.1 Å². The van der Waals surface area contributed by atoms with Gasteiger partial charge in [0, 0.05) is 29.8 Å².